The van der Waals surface area contributed by atoms with Crippen molar-refractivity contribution in [3.05, 3.63) is 12.2 Å². The van der Waals surface area contributed by atoms with E-state index in [9.17, 15) is 49.2 Å². The summed E-state index contributed by atoms with van der Waals surface area (Å²) in [4.78, 5) is 78.3. The van der Waals surface area contributed by atoms with Crippen LogP contribution in [0.1, 0.15) is 19.3 Å². The van der Waals surface area contributed by atoms with Crippen LogP contribution in [0.4, 0.5) is 0 Å². The average Bonchev–Trinajstić information content (AvgIpc) is 3.51. The molecule has 2 bridgehead atoms. The van der Waals surface area contributed by atoms with Gasteiger partial charge in [-0.25, -0.2) is 0 Å². The molecular formula is C26H39N5O10. The number of imide groups is 1. The highest BCUT2D eigenvalue weighted by molar-refractivity contribution is 5.98. The van der Waals surface area contributed by atoms with Crippen molar-refractivity contribution in [2.75, 3.05) is 72.0 Å². The summed E-state index contributed by atoms with van der Waals surface area (Å²) in [7, 11) is 0. The molecule has 2 fully saturated rings. The Labute approximate surface area is 237 Å². The third-order valence-electron chi connectivity index (χ3n) is 7.93. The number of aliphatic carboxylic acids is 4. The van der Waals surface area contributed by atoms with Crippen LogP contribution in [0.3, 0.4) is 0 Å². The summed E-state index contributed by atoms with van der Waals surface area (Å²) in [5, 5.41) is 40.4. The molecule has 5 N–H and O–H groups in total. The molecule has 228 valence electrons. The fraction of sp³-hybridized carbons (Fsp3) is 0.692. The third-order valence-corrected chi connectivity index (χ3v) is 7.93. The first-order chi connectivity index (χ1) is 19.4. The molecule has 2 amide bonds. The Balaban J connectivity index is 1.73. The lowest BCUT2D eigenvalue weighted by molar-refractivity contribution is -0.147. The van der Waals surface area contributed by atoms with Crippen molar-refractivity contribution in [2.45, 2.75) is 25.3 Å². The van der Waals surface area contributed by atoms with Gasteiger partial charge in [0.1, 0.15) is 6.04 Å². The van der Waals surface area contributed by atoms with Gasteiger partial charge in [-0.2, -0.15) is 0 Å². The van der Waals surface area contributed by atoms with Gasteiger partial charge >= 0.3 is 23.9 Å². The van der Waals surface area contributed by atoms with Crippen molar-refractivity contribution >= 4 is 35.7 Å². The normalized spacial score (nSPS) is 25.6. The van der Waals surface area contributed by atoms with E-state index in [4.69, 9.17) is 0 Å². The van der Waals surface area contributed by atoms with Gasteiger partial charge in [-0.15, -0.1) is 0 Å². The number of carbonyl (C=O) groups is 6. The summed E-state index contributed by atoms with van der Waals surface area (Å²) < 4.78 is 0. The molecule has 0 aromatic rings. The predicted octanol–water partition coefficient (Wildman–Crippen LogP) is -1.84. The highest BCUT2D eigenvalue weighted by Crippen LogP contribution is 2.43. The second-order valence-electron chi connectivity index (χ2n) is 10.9. The molecule has 0 aromatic carbocycles. The molecule has 0 spiro atoms. The monoisotopic (exact) mass is 581 g/mol. The molecule has 15 nitrogen and oxygen atoms in total. The highest BCUT2D eigenvalue weighted by atomic mass is 16.4. The predicted molar refractivity (Wildman–Crippen MR) is 142 cm³/mol. The topological polar surface area (TPSA) is 208 Å². The van der Waals surface area contributed by atoms with E-state index in [2.05, 4.69) is 11.4 Å². The van der Waals surface area contributed by atoms with E-state index < -0.39 is 48.2 Å². The van der Waals surface area contributed by atoms with Gasteiger partial charge in [-0.3, -0.25) is 53.7 Å². The standard InChI is InChI=1S/C26H39N5O10/c32-21(27-25(39)19-12-17-1-2-18(19)11-17)13-20(26(40)41)31-9-7-29(15-23(35)36)5-3-28(14-22(33)34)4-6-30(8-10-31)16-24(37)38/h1-2,17-20H,3-16H2,(H,33,34)(H,35,36)(H,37,38)(H,40,41)(H,27,32,39)/t17?,18?,19-,20?/m0/s1. The van der Waals surface area contributed by atoms with E-state index in [1.165, 1.54) is 4.90 Å². The van der Waals surface area contributed by atoms with E-state index in [-0.39, 0.29) is 83.8 Å². The molecule has 3 aliphatic rings. The van der Waals surface area contributed by atoms with Gasteiger partial charge in [0, 0.05) is 58.3 Å². The molecule has 3 unspecified atom stereocenters. The zero-order chi connectivity index (χ0) is 30.1. The summed E-state index contributed by atoms with van der Waals surface area (Å²) in [6.45, 7) is 0.0365. The highest BCUT2D eigenvalue weighted by Gasteiger charge is 2.40. The second kappa shape index (κ2) is 15.0. The molecule has 0 radical (unpaired) electrons. The van der Waals surface area contributed by atoms with Crippen LogP contribution in [0.25, 0.3) is 0 Å². The number of rotatable bonds is 11. The fourth-order valence-electron chi connectivity index (χ4n) is 5.82. The minimum atomic E-state index is -1.34. The maximum Gasteiger partial charge on any atom is 0.321 e. The Kier molecular flexibility index (Phi) is 11.8. The average molecular weight is 582 g/mol. The largest absolute Gasteiger partial charge is 0.480 e. The SMILES string of the molecule is O=C(O)CN1CCN(CC(=O)O)CCN(C(CC(=O)NC(=O)[C@H]2CC3C=CC2C3)C(=O)O)CCN(CC(=O)O)CC1. The molecule has 1 saturated heterocycles. The number of carboxylic acids is 4. The number of hydrogen-bond donors (Lipinski definition) is 5. The van der Waals surface area contributed by atoms with E-state index >= 15 is 0 Å². The number of nitrogens with one attached hydrogen (secondary N) is 1. The van der Waals surface area contributed by atoms with Gasteiger partial charge in [0.2, 0.25) is 11.8 Å². The lowest BCUT2D eigenvalue weighted by Gasteiger charge is -2.35. The van der Waals surface area contributed by atoms with E-state index in [0.717, 1.165) is 6.42 Å². The van der Waals surface area contributed by atoms with Crippen LogP contribution in [0.2, 0.25) is 0 Å². The van der Waals surface area contributed by atoms with Crippen LogP contribution in [0, 0.1) is 17.8 Å². The molecular weight excluding hydrogens is 542 g/mol. The number of hydrogen-bond acceptors (Lipinski definition) is 10. The Morgan fingerprint density at radius 1 is 0.683 bits per heavy atom. The smallest absolute Gasteiger partial charge is 0.321 e. The Morgan fingerprint density at radius 3 is 1.51 bits per heavy atom. The molecule has 0 aromatic heterocycles. The quantitative estimate of drug-likeness (QED) is 0.170. The maximum absolute atomic E-state index is 12.8. The Bertz CT molecular complexity index is 1000. The Morgan fingerprint density at radius 2 is 1.15 bits per heavy atom. The lowest BCUT2D eigenvalue weighted by Crippen LogP contribution is -2.53. The van der Waals surface area contributed by atoms with E-state index in [1.807, 2.05) is 6.08 Å². The van der Waals surface area contributed by atoms with E-state index in [1.54, 1.807) is 14.7 Å². The third kappa shape index (κ3) is 10.2. The van der Waals surface area contributed by atoms with Gasteiger partial charge in [-0.1, -0.05) is 12.2 Å². The molecule has 41 heavy (non-hydrogen) atoms. The summed E-state index contributed by atoms with van der Waals surface area (Å²) in [6.07, 6.45) is 5.05. The zero-order valence-electron chi connectivity index (χ0n) is 22.9. The number of carboxylic acid groups (broad SMARTS) is 4. The van der Waals surface area contributed by atoms with Gasteiger partial charge in [-0.05, 0) is 24.7 Å². The fourth-order valence-corrected chi connectivity index (χ4v) is 5.82. The van der Waals surface area contributed by atoms with Gasteiger partial charge < -0.3 is 20.4 Å². The molecule has 3 rings (SSSR count). The number of fused-ring (bicyclic) bond motifs is 2. The molecule has 1 aliphatic heterocycles. The zero-order valence-corrected chi connectivity index (χ0v) is 22.9. The van der Waals surface area contributed by atoms with Crippen molar-refractivity contribution in [2.24, 2.45) is 17.8 Å². The van der Waals surface area contributed by atoms with Crippen molar-refractivity contribution in [3.8, 4) is 0 Å². The molecule has 2 aliphatic carbocycles. The van der Waals surface area contributed by atoms with Crippen LogP contribution < -0.4 is 5.32 Å². The van der Waals surface area contributed by atoms with Gasteiger partial charge in [0.05, 0.1) is 26.1 Å². The number of nitrogens with zero attached hydrogens (tertiary/aromatic N) is 4. The van der Waals surface area contributed by atoms with Crippen LogP contribution >= 0.6 is 0 Å². The second-order valence-corrected chi connectivity index (χ2v) is 10.9. The molecule has 4 atom stereocenters. The first kappa shape index (κ1) is 32.1. The molecule has 1 saturated carbocycles. The first-order valence-corrected chi connectivity index (χ1v) is 13.7. The van der Waals surface area contributed by atoms with E-state index in [0.29, 0.717) is 12.3 Å². The van der Waals surface area contributed by atoms with Crippen LogP contribution in [0.15, 0.2) is 12.2 Å². The summed E-state index contributed by atoms with van der Waals surface area (Å²) in [6, 6.07) is -1.34. The Hall–Kier alpha value is -3.40. The summed E-state index contributed by atoms with van der Waals surface area (Å²) in [5.41, 5.74) is 0. The van der Waals surface area contributed by atoms with Crippen LogP contribution in [-0.4, -0.2) is 154 Å². The van der Waals surface area contributed by atoms with Crippen molar-refractivity contribution < 1.29 is 49.2 Å². The van der Waals surface area contributed by atoms with Crippen molar-refractivity contribution in [1.29, 1.82) is 0 Å². The number of allylic oxidation sites excluding steroid dienone is 2. The summed E-state index contributed by atoms with van der Waals surface area (Å²) in [5.74, 6) is -5.67. The summed E-state index contributed by atoms with van der Waals surface area (Å²) >= 11 is 0. The minimum Gasteiger partial charge on any atom is -0.480 e. The number of carbonyl (C=O) groups excluding carboxylic acids is 2. The maximum atomic E-state index is 12.8. The van der Waals surface area contributed by atoms with Crippen molar-refractivity contribution in [1.82, 2.24) is 24.9 Å². The first-order valence-electron chi connectivity index (χ1n) is 13.7. The molecule has 15 heteroatoms. The van der Waals surface area contributed by atoms with Crippen LogP contribution in [0.5, 0.6) is 0 Å². The lowest BCUT2D eigenvalue weighted by atomic mass is 9.93. The molecule has 1 heterocycles. The van der Waals surface area contributed by atoms with Crippen LogP contribution in [-0.2, 0) is 28.8 Å². The minimum absolute atomic E-state index is 0.0441. The van der Waals surface area contributed by atoms with Crippen molar-refractivity contribution in [3.63, 3.8) is 0 Å². The van der Waals surface area contributed by atoms with Gasteiger partial charge in [0.25, 0.3) is 0 Å². The van der Waals surface area contributed by atoms with Gasteiger partial charge in [0.15, 0.2) is 0 Å². The number of amides is 2.